The summed E-state index contributed by atoms with van der Waals surface area (Å²) in [6.07, 6.45) is 3.50. The molecule has 7 atom stereocenters. The third-order valence-electron chi connectivity index (χ3n) is 11.5. The van der Waals surface area contributed by atoms with Gasteiger partial charge in [0.1, 0.15) is 6.04 Å². The highest BCUT2D eigenvalue weighted by atomic mass is 31.2. The molecule has 300 valence electrons. The first-order valence-corrected chi connectivity index (χ1v) is 20.4. The van der Waals surface area contributed by atoms with Crippen LogP contribution in [-0.2, 0) is 38.1 Å². The van der Waals surface area contributed by atoms with Crippen LogP contribution in [0.5, 0.6) is 0 Å². The molecule has 10 N–H and O–H groups in total. The van der Waals surface area contributed by atoms with Crippen LogP contribution < -0.4 is 16.4 Å². The number of carbonyl (C=O) groups is 7. The maximum atomic E-state index is 13.3. The van der Waals surface area contributed by atoms with E-state index in [4.69, 9.17) is 10.8 Å². The standard InChI is InChI=1S/C35H56N3O14P/c36-14-3-1-2-4-26(40)38-35-20-32(17-33(21-35,12-8-28(43)44)19-34(18-32,22-35)13-9-29(45)46)11-7-25(39)37-24(31(49)50)10-15-53(51,52)16-23(30(47)48)5-6-27(41)42/h23-24H,1-22,36H2,(H,37,39)(H,38,40)(H,41,42)(H,43,44)(H,45,46)(H,47,48)(H,49,50)(H,51,52)/t23?,24-,32?,33-,34+,35?/m0/s1. The zero-order valence-electron chi connectivity index (χ0n) is 30.2. The fourth-order valence-corrected chi connectivity index (χ4v) is 12.1. The van der Waals surface area contributed by atoms with Crippen LogP contribution in [0.4, 0.5) is 0 Å². The molecule has 4 unspecified atom stereocenters. The molecule has 0 spiro atoms. The number of nitrogens with two attached hydrogens (primary N) is 1. The fraction of sp³-hybridized carbons (Fsp3) is 0.800. The van der Waals surface area contributed by atoms with Crippen LogP contribution in [0.1, 0.15) is 122 Å². The highest BCUT2D eigenvalue weighted by molar-refractivity contribution is 7.58. The zero-order valence-corrected chi connectivity index (χ0v) is 31.1. The van der Waals surface area contributed by atoms with E-state index >= 15 is 0 Å². The van der Waals surface area contributed by atoms with Crippen LogP contribution >= 0.6 is 7.37 Å². The number of unbranched alkanes of at least 4 members (excludes halogenated alkanes) is 2. The number of nitrogens with one attached hydrogen (secondary N) is 2. The average Bonchev–Trinajstić information content (AvgIpc) is 3.03. The van der Waals surface area contributed by atoms with Gasteiger partial charge in [0.25, 0.3) is 0 Å². The molecule has 0 aromatic carbocycles. The van der Waals surface area contributed by atoms with E-state index in [1.807, 2.05) is 0 Å². The van der Waals surface area contributed by atoms with Gasteiger partial charge in [-0.1, -0.05) is 6.42 Å². The molecular formula is C35H56N3O14P. The van der Waals surface area contributed by atoms with Crippen molar-refractivity contribution in [2.75, 3.05) is 18.9 Å². The van der Waals surface area contributed by atoms with E-state index in [1.165, 1.54) is 0 Å². The topological polar surface area (TPSA) is 308 Å². The molecule has 0 heterocycles. The molecule has 4 bridgehead atoms. The molecule has 4 saturated carbocycles. The van der Waals surface area contributed by atoms with Gasteiger partial charge in [-0.2, -0.15) is 0 Å². The Kier molecular flexibility index (Phi) is 15.0. The first kappa shape index (κ1) is 43.8. The largest absolute Gasteiger partial charge is 0.481 e. The summed E-state index contributed by atoms with van der Waals surface area (Å²) in [5, 5.41) is 53.1. The van der Waals surface area contributed by atoms with E-state index in [0.29, 0.717) is 64.3 Å². The monoisotopic (exact) mass is 773 g/mol. The van der Waals surface area contributed by atoms with Gasteiger partial charge in [-0.3, -0.25) is 33.3 Å². The summed E-state index contributed by atoms with van der Waals surface area (Å²) < 4.78 is 12.8. The molecule has 0 saturated heterocycles. The number of aliphatic carboxylic acids is 5. The lowest BCUT2D eigenvalue weighted by Gasteiger charge is -2.71. The van der Waals surface area contributed by atoms with Gasteiger partial charge in [0.2, 0.25) is 19.2 Å². The molecular weight excluding hydrogens is 717 g/mol. The summed E-state index contributed by atoms with van der Waals surface area (Å²) in [4.78, 5) is 95.2. The van der Waals surface area contributed by atoms with Crippen molar-refractivity contribution in [2.24, 2.45) is 27.9 Å². The minimum atomic E-state index is -4.24. The van der Waals surface area contributed by atoms with E-state index in [-0.39, 0.29) is 44.4 Å². The summed E-state index contributed by atoms with van der Waals surface area (Å²) in [6.45, 7) is 0.513. The zero-order chi connectivity index (χ0) is 39.7. The predicted octanol–water partition coefficient (Wildman–Crippen LogP) is 3.01. The number of hydrogen-bond acceptors (Lipinski definition) is 9. The van der Waals surface area contributed by atoms with Gasteiger partial charge in [0.05, 0.1) is 5.92 Å². The Morgan fingerprint density at radius 2 is 1.13 bits per heavy atom. The summed E-state index contributed by atoms with van der Waals surface area (Å²) in [7, 11) is -4.24. The Morgan fingerprint density at radius 1 is 0.623 bits per heavy atom. The third kappa shape index (κ3) is 13.1. The first-order chi connectivity index (χ1) is 24.7. The number of carboxylic acids is 5. The van der Waals surface area contributed by atoms with Crippen LogP contribution in [-0.4, -0.2) is 103 Å². The molecule has 4 rings (SSSR count). The van der Waals surface area contributed by atoms with Gasteiger partial charge >= 0.3 is 29.8 Å². The van der Waals surface area contributed by atoms with Crippen LogP contribution in [0.2, 0.25) is 0 Å². The minimum absolute atomic E-state index is 0.115. The lowest BCUT2D eigenvalue weighted by molar-refractivity contribution is -0.191. The molecule has 17 nitrogen and oxygen atoms in total. The van der Waals surface area contributed by atoms with E-state index in [2.05, 4.69) is 10.6 Å². The number of amides is 2. The van der Waals surface area contributed by atoms with Gasteiger partial charge in [-0.05, 0) is 106 Å². The van der Waals surface area contributed by atoms with Crippen molar-refractivity contribution in [3.8, 4) is 0 Å². The lowest BCUT2D eigenvalue weighted by Crippen LogP contribution is -2.69. The summed E-state index contributed by atoms with van der Waals surface area (Å²) in [6, 6.07) is -1.57. The Morgan fingerprint density at radius 3 is 1.58 bits per heavy atom. The minimum Gasteiger partial charge on any atom is -0.481 e. The number of carbonyl (C=O) groups excluding carboxylic acids is 2. The molecule has 2 amide bonds. The maximum Gasteiger partial charge on any atom is 0.326 e. The second kappa shape index (κ2) is 18.2. The SMILES string of the molecule is NCCCCCC(=O)NC12CC3(CCC(=O)N[C@@H](CCP(=O)(O)CC(CCC(=O)O)C(=O)O)C(=O)O)C[C@@](CCC(=O)O)(C1)C[C@](CCC(=O)O)(C3)C2. The molecule has 0 aromatic heterocycles. The smallest absolute Gasteiger partial charge is 0.326 e. The van der Waals surface area contributed by atoms with Gasteiger partial charge in [0, 0.05) is 50.0 Å². The lowest BCUT2D eigenvalue weighted by atomic mass is 9.35. The Balaban J connectivity index is 1.79. The molecule has 4 aliphatic carbocycles. The van der Waals surface area contributed by atoms with Gasteiger partial charge in [-0.15, -0.1) is 0 Å². The van der Waals surface area contributed by atoms with E-state index in [9.17, 15) is 63.4 Å². The molecule has 0 radical (unpaired) electrons. The summed E-state index contributed by atoms with van der Waals surface area (Å²) in [5.74, 6) is -8.37. The molecule has 0 aliphatic heterocycles. The van der Waals surface area contributed by atoms with Gasteiger partial charge in [-0.25, -0.2) is 4.79 Å². The normalized spacial score (nSPS) is 28.0. The van der Waals surface area contributed by atoms with E-state index < -0.39 is 102 Å². The van der Waals surface area contributed by atoms with Crippen LogP contribution in [0.15, 0.2) is 0 Å². The first-order valence-electron chi connectivity index (χ1n) is 18.4. The summed E-state index contributed by atoms with van der Waals surface area (Å²) >= 11 is 0. The summed E-state index contributed by atoms with van der Waals surface area (Å²) in [5.41, 5.74) is 3.21. The Bertz CT molecular complexity index is 1420. The predicted molar refractivity (Wildman–Crippen MR) is 188 cm³/mol. The van der Waals surface area contributed by atoms with Crippen molar-refractivity contribution in [3.63, 3.8) is 0 Å². The van der Waals surface area contributed by atoms with Crippen molar-refractivity contribution in [2.45, 2.75) is 134 Å². The fourth-order valence-electron chi connectivity index (χ4n) is 10.2. The van der Waals surface area contributed by atoms with Crippen molar-refractivity contribution < 1.29 is 68.6 Å². The average molecular weight is 774 g/mol. The quantitative estimate of drug-likeness (QED) is 0.0451. The number of carboxylic acid groups (broad SMARTS) is 5. The molecule has 53 heavy (non-hydrogen) atoms. The Hall–Kier alpha value is -3.56. The number of hydrogen-bond donors (Lipinski definition) is 9. The van der Waals surface area contributed by atoms with Crippen molar-refractivity contribution in [1.29, 1.82) is 0 Å². The highest BCUT2D eigenvalue weighted by Gasteiger charge is 2.67. The van der Waals surface area contributed by atoms with E-state index in [0.717, 1.165) is 12.8 Å². The molecule has 18 heteroatoms. The van der Waals surface area contributed by atoms with Gasteiger partial charge in [0.15, 0.2) is 0 Å². The maximum absolute atomic E-state index is 13.3. The molecule has 0 aromatic rings. The second-order valence-corrected chi connectivity index (χ2v) is 18.7. The van der Waals surface area contributed by atoms with Crippen LogP contribution in [0.3, 0.4) is 0 Å². The molecule has 4 fully saturated rings. The van der Waals surface area contributed by atoms with Gasteiger partial charge < -0.3 is 46.8 Å². The van der Waals surface area contributed by atoms with Crippen molar-refractivity contribution in [1.82, 2.24) is 10.6 Å². The molecule has 4 aliphatic rings. The third-order valence-corrected chi connectivity index (χ3v) is 13.5. The highest BCUT2D eigenvalue weighted by Crippen LogP contribution is 2.74. The number of rotatable bonds is 26. The van der Waals surface area contributed by atoms with Crippen molar-refractivity contribution >= 4 is 49.0 Å². The van der Waals surface area contributed by atoms with Crippen LogP contribution in [0, 0.1) is 22.2 Å². The van der Waals surface area contributed by atoms with Crippen molar-refractivity contribution in [3.05, 3.63) is 0 Å². The van der Waals surface area contributed by atoms with Crippen LogP contribution in [0.25, 0.3) is 0 Å². The van der Waals surface area contributed by atoms with E-state index in [1.54, 1.807) is 0 Å². The Labute approximate surface area is 308 Å². The second-order valence-electron chi connectivity index (χ2n) is 16.2.